The standard InChI is InChI=1S/C19H27N5O3S2/c1-3-16-4-5-18(28-16)29(25,26)24-8-6-22(7-9-24)17-14-15(2)20-19(21-17)23-10-12-27-13-11-23/h4-5,14H,3,6-13H2,1-2H3. The van der Waals surface area contributed by atoms with Crippen LogP contribution >= 0.6 is 11.3 Å². The molecule has 0 spiro atoms. The summed E-state index contributed by atoms with van der Waals surface area (Å²) in [7, 11) is -3.42. The Morgan fingerprint density at radius 2 is 1.76 bits per heavy atom. The van der Waals surface area contributed by atoms with Crippen LogP contribution in [0.5, 0.6) is 0 Å². The van der Waals surface area contributed by atoms with Gasteiger partial charge in [-0.3, -0.25) is 0 Å². The van der Waals surface area contributed by atoms with Crippen LogP contribution in [0, 0.1) is 6.92 Å². The fourth-order valence-corrected chi connectivity index (χ4v) is 6.45. The second-order valence-corrected chi connectivity index (χ2v) is 10.6. The smallest absolute Gasteiger partial charge is 0.252 e. The Balaban J connectivity index is 1.46. The molecule has 0 bridgehead atoms. The van der Waals surface area contributed by atoms with Crippen molar-refractivity contribution < 1.29 is 13.2 Å². The van der Waals surface area contributed by atoms with Crippen LogP contribution in [-0.4, -0.2) is 75.2 Å². The maximum atomic E-state index is 12.9. The lowest BCUT2D eigenvalue weighted by Crippen LogP contribution is -2.49. The van der Waals surface area contributed by atoms with Gasteiger partial charge in [-0.1, -0.05) is 6.92 Å². The van der Waals surface area contributed by atoms with Crippen molar-refractivity contribution in [1.82, 2.24) is 14.3 Å². The maximum Gasteiger partial charge on any atom is 0.252 e. The van der Waals surface area contributed by atoms with Crippen LogP contribution in [0.2, 0.25) is 0 Å². The van der Waals surface area contributed by atoms with E-state index in [1.165, 1.54) is 11.3 Å². The average Bonchev–Trinajstić information content (AvgIpc) is 3.24. The molecule has 2 fully saturated rings. The molecular weight excluding hydrogens is 410 g/mol. The van der Waals surface area contributed by atoms with Gasteiger partial charge >= 0.3 is 0 Å². The van der Waals surface area contributed by atoms with E-state index in [0.29, 0.717) is 43.6 Å². The van der Waals surface area contributed by atoms with Crippen LogP contribution in [0.3, 0.4) is 0 Å². The van der Waals surface area contributed by atoms with Crippen molar-refractivity contribution in [3.05, 3.63) is 28.8 Å². The summed E-state index contributed by atoms with van der Waals surface area (Å²) in [4.78, 5) is 14.7. The third-order valence-corrected chi connectivity index (χ3v) is 8.86. The first-order valence-electron chi connectivity index (χ1n) is 9.99. The fourth-order valence-electron chi connectivity index (χ4n) is 3.58. The third-order valence-electron chi connectivity index (χ3n) is 5.27. The Hall–Kier alpha value is -1.75. The van der Waals surface area contributed by atoms with Crippen LogP contribution in [0.25, 0.3) is 0 Å². The number of hydrogen-bond donors (Lipinski definition) is 0. The van der Waals surface area contributed by atoms with Gasteiger partial charge in [0.05, 0.1) is 13.2 Å². The Labute approximate surface area is 176 Å². The molecule has 2 saturated heterocycles. The second kappa shape index (κ2) is 8.55. The highest BCUT2D eigenvalue weighted by Crippen LogP contribution is 2.27. The monoisotopic (exact) mass is 437 g/mol. The molecule has 0 amide bonds. The Morgan fingerprint density at radius 3 is 2.41 bits per heavy atom. The lowest BCUT2D eigenvalue weighted by Gasteiger charge is -2.35. The summed E-state index contributed by atoms with van der Waals surface area (Å²) >= 11 is 1.37. The molecule has 0 aliphatic carbocycles. The van der Waals surface area contributed by atoms with Crippen LogP contribution in [0.1, 0.15) is 17.5 Å². The number of morpholine rings is 1. The summed E-state index contributed by atoms with van der Waals surface area (Å²) in [5.41, 5.74) is 0.914. The number of nitrogens with zero attached hydrogens (tertiary/aromatic N) is 5. The molecule has 0 atom stereocenters. The SMILES string of the molecule is CCc1ccc(S(=O)(=O)N2CCN(c3cc(C)nc(N4CCOCC4)n3)CC2)s1. The summed E-state index contributed by atoms with van der Waals surface area (Å²) in [6, 6.07) is 5.61. The minimum absolute atomic E-state index is 0.440. The first-order chi connectivity index (χ1) is 14.0. The molecule has 0 radical (unpaired) electrons. The van der Waals surface area contributed by atoms with E-state index < -0.39 is 10.0 Å². The van der Waals surface area contributed by atoms with Crippen LogP contribution < -0.4 is 9.80 Å². The first-order valence-corrected chi connectivity index (χ1v) is 12.2. The molecule has 4 heterocycles. The lowest BCUT2D eigenvalue weighted by molar-refractivity contribution is 0.122. The number of aromatic nitrogens is 2. The Morgan fingerprint density at radius 1 is 1.03 bits per heavy atom. The second-order valence-electron chi connectivity index (χ2n) is 7.23. The Bertz CT molecular complexity index is 949. The van der Waals surface area contributed by atoms with Crippen molar-refractivity contribution in [1.29, 1.82) is 0 Å². The average molecular weight is 438 g/mol. The lowest BCUT2D eigenvalue weighted by atomic mass is 10.3. The molecular formula is C19H27N5O3S2. The van der Waals surface area contributed by atoms with Gasteiger partial charge in [0.15, 0.2) is 0 Å². The van der Waals surface area contributed by atoms with Gasteiger partial charge < -0.3 is 14.5 Å². The van der Waals surface area contributed by atoms with E-state index in [1.54, 1.807) is 10.4 Å². The van der Waals surface area contributed by atoms with Gasteiger partial charge in [-0.25, -0.2) is 13.4 Å². The third kappa shape index (κ3) is 4.40. The minimum Gasteiger partial charge on any atom is -0.378 e. The Kier molecular flexibility index (Phi) is 6.05. The zero-order valence-electron chi connectivity index (χ0n) is 16.9. The number of sulfonamides is 1. The number of aryl methyl sites for hydroxylation is 2. The van der Waals surface area contributed by atoms with Gasteiger partial charge in [0.2, 0.25) is 5.95 Å². The molecule has 0 unspecified atom stereocenters. The molecule has 29 heavy (non-hydrogen) atoms. The van der Waals surface area contributed by atoms with Gasteiger partial charge in [0, 0.05) is 55.9 Å². The quantitative estimate of drug-likeness (QED) is 0.705. The number of rotatable bonds is 5. The molecule has 8 nitrogen and oxygen atoms in total. The van der Waals surface area contributed by atoms with Crippen molar-refractivity contribution >= 4 is 33.1 Å². The van der Waals surface area contributed by atoms with Gasteiger partial charge in [-0.15, -0.1) is 11.3 Å². The summed E-state index contributed by atoms with van der Waals surface area (Å²) in [6.45, 7) is 9.10. The predicted octanol–water partition coefficient (Wildman–Crippen LogP) is 1.76. The van der Waals surface area contributed by atoms with E-state index in [9.17, 15) is 8.42 Å². The molecule has 4 rings (SSSR count). The normalized spacial score (nSPS) is 19.0. The van der Waals surface area contributed by atoms with E-state index in [4.69, 9.17) is 9.72 Å². The molecule has 10 heteroatoms. The van der Waals surface area contributed by atoms with E-state index in [1.807, 2.05) is 26.0 Å². The summed E-state index contributed by atoms with van der Waals surface area (Å²) in [5, 5.41) is 0. The van der Waals surface area contributed by atoms with Crippen LogP contribution in [0.15, 0.2) is 22.4 Å². The molecule has 2 aromatic rings. The zero-order valence-corrected chi connectivity index (χ0v) is 18.5. The van der Waals surface area contributed by atoms with Crippen LogP contribution in [0.4, 0.5) is 11.8 Å². The number of hydrogen-bond acceptors (Lipinski definition) is 8. The first kappa shape index (κ1) is 20.5. The molecule has 2 aromatic heterocycles. The zero-order chi connectivity index (χ0) is 20.4. The number of anilines is 2. The van der Waals surface area contributed by atoms with Crippen molar-refractivity contribution in [2.75, 3.05) is 62.3 Å². The van der Waals surface area contributed by atoms with Gasteiger partial charge in [0.1, 0.15) is 10.0 Å². The van der Waals surface area contributed by atoms with E-state index in [0.717, 1.165) is 41.8 Å². The van der Waals surface area contributed by atoms with E-state index in [-0.39, 0.29) is 0 Å². The summed E-state index contributed by atoms with van der Waals surface area (Å²) in [6.07, 6.45) is 0.854. The fraction of sp³-hybridized carbons (Fsp3) is 0.579. The van der Waals surface area contributed by atoms with E-state index >= 15 is 0 Å². The highest BCUT2D eigenvalue weighted by Gasteiger charge is 2.30. The number of piperazine rings is 1. The molecule has 158 valence electrons. The topological polar surface area (TPSA) is 78.9 Å². The number of thiophene rings is 1. The van der Waals surface area contributed by atoms with Crippen molar-refractivity contribution in [3.8, 4) is 0 Å². The molecule has 0 N–H and O–H groups in total. The maximum absolute atomic E-state index is 12.9. The van der Waals surface area contributed by atoms with E-state index in [2.05, 4.69) is 14.8 Å². The number of ether oxygens (including phenoxy) is 1. The largest absolute Gasteiger partial charge is 0.378 e. The molecule has 2 aliphatic rings. The van der Waals surface area contributed by atoms with Crippen molar-refractivity contribution in [3.63, 3.8) is 0 Å². The highest BCUT2D eigenvalue weighted by atomic mass is 32.2. The summed E-state index contributed by atoms with van der Waals surface area (Å²) in [5.74, 6) is 1.59. The van der Waals surface area contributed by atoms with Crippen LogP contribution in [-0.2, 0) is 21.2 Å². The van der Waals surface area contributed by atoms with Gasteiger partial charge in [-0.05, 0) is 25.5 Å². The predicted molar refractivity (Wildman–Crippen MR) is 114 cm³/mol. The van der Waals surface area contributed by atoms with Gasteiger partial charge in [0.25, 0.3) is 10.0 Å². The van der Waals surface area contributed by atoms with Crippen molar-refractivity contribution in [2.24, 2.45) is 0 Å². The van der Waals surface area contributed by atoms with Crippen molar-refractivity contribution in [2.45, 2.75) is 24.5 Å². The highest BCUT2D eigenvalue weighted by molar-refractivity contribution is 7.91. The molecule has 0 aromatic carbocycles. The van der Waals surface area contributed by atoms with Gasteiger partial charge in [-0.2, -0.15) is 9.29 Å². The minimum atomic E-state index is -3.42. The summed E-state index contributed by atoms with van der Waals surface area (Å²) < 4.78 is 33.3. The molecule has 0 saturated carbocycles. The molecule has 2 aliphatic heterocycles.